The molecule has 0 amide bonds. The molecule has 0 saturated carbocycles. The van der Waals surface area contributed by atoms with E-state index in [1.807, 2.05) is 6.92 Å². The van der Waals surface area contributed by atoms with Gasteiger partial charge in [0.2, 0.25) is 5.56 Å². The van der Waals surface area contributed by atoms with Gasteiger partial charge < -0.3 is 10.3 Å². The fraction of sp³-hybridized carbons (Fsp3) is 0.471. The number of hydrogen-bond acceptors (Lipinski definition) is 2. The maximum Gasteiger partial charge on any atom is 0.417 e. The number of halogens is 3. The first kappa shape index (κ1) is 15.9. The van der Waals surface area contributed by atoms with Crippen molar-refractivity contribution >= 4 is 16.6 Å². The first-order chi connectivity index (χ1) is 10.8. The van der Waals surface area contributed by atoms with Crippen molar-refractivity contribution in [2.45, 2.75) is 51.2 Å². The SMILES string of the molecule is CC[C@@H]1C[C@H](CC)c2cc3c(C(F)(F)F)cc(=O)[nH]c3cc2N1. The molecule has 3 rings (SSSR count). The minimum absolute atomic E-state index is 0.0612. The van der Waals surface area contributed by atoms with E-state index in [0.29, 0.717) is 12.1 Å². The quantitative estimate of drug-likeness (QED) is 0.845. The van der Waals surface area contributed by atoms with Crippen molar-refractivity contribution in [2.75, 3.05) is 5.32 Å². The van der Waals surface area contributed by atoms with E-state index < -0.39 is 17.3 Å². The van der Waals surface area contributed by atoms with Crippen molar-refractivity contribution in [3.63, 3.8) is 0 Å². The van der Waals surface area contributed by atoms with Crippen molar-refractivity contribution in [3.8, 4) is 0 Å². The van der Waals surface area contributed by atoms with Crippen LogP contribution in [0.15, 0.2) is 23.0 Å². The fourth-order valence-corrected chi connectivity index (χ4v) is 3.42. The topological polar surface area (TPSA) is 44.9 Å². The van der Waals surface area contributed by atoms with Gasteiger partial charge in [-0.2, -0.15) is 13.2 Å². The molecule has 0 saturated heterocycles. The molecule has 2 atom stereocenters. The summed E-state index contributed by atoms with van der Waals surface area (Å²) in [5, 5.41) is 3.44. The van der Waals surface area contributed by atoms with Gasteiger partial charge in [0.25, 0.3) is 0 Å². The number of aromatic nitrogens is 1. The van der Waals surface area contributed by atoms with Crippen molar-refractivity contribution in [1.82, 2.24) is 4.98 Å². The van der Waals surface area contributed by atoms with E-state index >= 15 is 0 Å². The molecule has 1 aliphatic heterocycles. The number of benzene rings is 1. The number of H-pyrrole nitrogens is 1. The lowest BCUT2D eigenvalue weighted by molar-refractivity contribution is -0.136. The molecule has 2 heterocycles. The molecule has 0 bridgehead atoms. The second kappa shape index (κ2) is 5.58. The van der Waals surface area contributed by atoms with Crippen LogP contribution >= 0.6 is 0 Å². The van der Waals surface area contributed by atoms with Crippen LogP contribution in [0, 0.1) is 0 Å². The number of aromatic amines is 1. The third-order valence-corrected chi connectivity index (χ3v) is 4.67. The lowest BCUT2D eigenvalue weighted by atomic mass is 9.83. The molecular weight excluding hydrogens is 305 g/mol. The largest absolute Gasteiger partial charge is 0.417 e. The molecule has 23 heavy (non-hydrogen) atoms. The van der Waals surface area contributed by atoms with E-state index in [-0.39, 0.29) is 16.8 Å². The van der Waals surface area contributed by atoms with Crippen LogP contribution in [-0.2, 0) is 6.18 Å². The van der Waals surface area contributed by atoms with E-state index in [0.717, 1.165) is 30.5 Å². The summed E-state index contributed by atoms with van der Waals surface area (Å²) in [6, 6.07) is 4.19. The fourth-order valence-electron chi connectivity index (χ4n) is 3.42. The molecule has 6 heteroatoms. The Morgan fingerprint density at radius 2 is 1.91 bits per heavy atom. The molecule has 0 spiro atoms. The minimum Gasteiger partial charge on any atom is -0.382 e. The highest BCUT2D eigenvalue weighted by Gasteiger charge is 2.34. The summed E-state index contributed by atoms with van der Waals surface area (Å²) in [5.41, 5.74) is 0.355. The normalized spacial score (nSPS) is 21.1. The summed E-state index contributed by atoms with van der Waals surface area (Å²) in [5.74, 6) is 0.230. The molecule has 0 fully saturated rings. The van der Waals surface area contributed by atoms with Gasteiger partial charge in [-0.1, -0.05) is 13.8 Å². The van der Waals surface area contributed by atoms with Crippen LogP contribution in [-0.4, -0.2) is 11.0 Å². The molecule has 0 unspecified atom stereocenters. The van der Waals surface area contributed by atoms with Crippen LogP contribution in [0.5, 0.6) is 0 Å². The molecule has 1 aliphatic rings. The van der Waals surface area contributed by atoms with E-state index in [2.05, 4.69) is 17.2 Å². The second-order valence-corrected chi connectivity index (χ2v) is 6.12. The highest BCUT2D eigenvalue weighted by Crippen LogP contribution is 2.41. The number of pyridine rings is 1. The Bertz CT molecular complexity index is 795. The van der Waals surface area contributed by atoms with E-state index in [1.54, 1.807) is 12.1 Å². The molecule has 1 aromatic heterocycles. The Morgan fingerprint density at radius 1 is 1.17 bits per heavy atom. The number of rotatable bonds is 2. The summed E-state index contributed by atoms with van der Waals surface area (Å²) in [4.78, 5) is 14.1. The summed E-state index contributed by atoms with van der Waals surface area (Å²) >= 11 is 0. The Morgan fingerprint density at radius 3 is 2.52 bits per heavy atom. The van der Waals surface area contributed by atoms with Gasteiger partial charge in [0.15, 0.2) is 0 Å². The first-order valence-electron chi connectivity index (χ1n) is 7.88. The Hall–Kier alpha value is -1.98. The Balaban J connectivity index is 2.27. The van der Waals surface area contributed by atoms with Crippen molar-refractivity contribution < 1.29 is 13.2 Å². The molecule has 2 aromatic rings. The molecule has 3 nitrogen and oxygen atoms in total. The first-order valence-corrected chi connectivity index (χ1v) is 7.88. The van der Waals surface area contributed by atoms with E-state index in [1.165, 1.54) is 0 Å². The van der Waals surface area contributed by atoms with E-state index in [4.69, 9.17) is 0 Å². The van der Waals surface area contributed by atoms with Crippen molar-refractivity contribution in [2.24, 2.45) is 0 Å². The maximum atomic E-state index is 13.3. The van der Waals surface area contributed by atoms with Crippen LogP contribution < -0.4 is 10.9 Å². The molecule has 1 aromatic carbocycles. The average molecular weight is 324 g/mol. The molecule has 124 valence electrons. The highest BCUT2D eigenvalue weighted by atomic mass is 19.4. The van der Waals surface area contributed by atoms with Gasteiger partial charge in [-0.3, -0.25) is 4.79 Å². The monoisotopic (exact) mass is 324 g/mol. The van der Waals surface area contributed by atoms with Gasteiger partial charge in [-0.05, 0) is 42.9 Å². The van der Waals surface area contributed by atoms with Crippen LogP contribution in [0.4, 0.5) is 18.9 Å². The van der Waals surface area contributed by atoms with Crippen LogP contribution in [0.25, 0.3) is 10.9 Å². The molecule has 0 radical (unpaired) electrons. The van der Waals surface area contributed by atoms with Crippen molar-refractivity contribution in [1.29, 1.82) is 0 Å². The van der Waals surface area contributed by atoms with Gasteiger partial charge in [-0.15, -0.1) is 0 Å². The average Bonchev–Trinajstić information content (AvgIpc) is 2.50. The summed E-state index contributed by atoms with van der Waals surface area (Å²) in [6.07, 6.45) is -1.80. The summed E-state index contributed by atoms with van der Waals surface area (Å²) < 4.78 is 39.8. The summed E-state index contributed by atoms with van der Waals surface area (Å²) in [6.45, 7) is 4.13. The molecule has 2 N–H and O–H groups in total. The summed E-state index contributed by atoms with van der Waals surface area (Å²) in [7, 11) is 0. The lowest BCUT2D eigenvalue weighted by Crippen LogP contribution is -2.27. The molecular formula is C17H19F3N2O. The predicted octanol–water partition coefficient (Wildman–Crippen LogP) is 4.63. The van der Waals surface area contributed by atoms with Crippen LogP contribution in [0.2, 0.25) is 0 Å². The zero-order chi connectivity index (χ0) is 16.8. The van der Waals surface area contributed by atoms with Gasteiger partial charge in [0.1, 0.15) is 0 Å². The minimum atomic E-state index is -4.55. The maximum absolute atomic E-state index is 13.3. The number of nitrogens with one attached hydrogen (secondary N) is 2. The van der Waals surface area contributed by atoms with Gasteiger partial charge in [-0.25, -0.2) is 0 Å². The smallest absolute Gasteiger partial charge is 0.382 e. The number of alkyl halides is 3. The van der Waals surface area contributed by atoms with Gasteiger partial charge >= 0.3 is 6.18 Å². The number of anilines is 1. The van der Waals surface area contributed by atoms with Gasteiger partial charge in [0, 0.05) is 23.2 Å². The predicted molar refractivity (Wildman–Crippen MR) is 84.9 cm³/mol. The third-order valence-electron chi connectivity index (χ3n) is 4.67. The number of hydrogen-bond donors (Lipinski definition) is 2. The standard InChI is InChI=1S/C17H19F3N2O/c1-3-9-5-10(4-2)21-14-8-15-12(6-11(9)14)13(17(18,19)20)7-16(23)22-15/h6-10,21H,3-5H2,1-2H3,(H,22,23)/t9-,10+/m0/s1. The van der Waals surface area contributed by atoms with Crippen LogP contribution in [0.3, 0.4) is 0 Å². The van der Waals surface area contributed by atoms with Crippen molar-refractivity contribution in [3.05, 3.63) is 39.7 Å². The zero-order valence-electron chi connectivity index (χ0n) is 13.1. The number of fused-ring (bicyclic) bond motifs is 2. The second-order valence-electron chi connectivity index (χ2n) is 6.12. The Kier molecular flexibility index (Phi) is 3.86. The van der Waals surface area contributed by atoms with Crippen LogP contribution in [0.1, 0.15) is 50.2 Å². The lowest BCUT2D eigenvalue weighted by Gasteiger charge is -2.33. The van der Waals surface area contributed by atoms with Gasteiger partial charge in [0.05, 0.1) is 11.1 Å². The molecule has 0 aliphatic carbocycles. The zero-order valence-corrected chi connectivity index (χ0v) is 13.1. The Labute approximate surface area is 131 Å². The van der Waals surface area contributed by atoms with E-state index in [9.17, 15) is 18.0 Å². The highest BCUT2D eigenvalue weighted by molar-refractivity contribution is 5.87. The third kappa shape index (κ3) is 2.82.